The molecule has 40 heavy (non-hydrogen) atoms. The van der Waals surface area contributed by atoms with E-state index in [9.17, 15) is 14.9 Å². The molecule has 0 fully saturated rings. The first kappa shape index (κ1) is 25.2. The van der Waals surface area contributed by atoms with Crippen LogP contribution in [0.3, 0.4) is 0 Å². The Hall–Kier alpha value is -5.07. The van der Waals surface area contributed by atoms with E-state index in [-0.39, 0.29) is 11.9 Å². The summed E-state index contributed by atoms with van der Waals surface area (Å²) >= 11 is 1.46. The highest BCUT2D eigenvalue weighted by Gasteiger charge is 2.24. The monoisotopic (exact) mass is 544 g/mol. The molecule has 1 aliphatic rings. The van der Waals surface area contributed by atoms with E-state index < -0.39 is 0 Å². The van der Waals surface area contributed by atoms with Crippen molar-refractivity contribution in [3.8, 4) is 28.5 Å². The maximum atomic E-state index is 13.3. The Labute approximate surface area is 234 Å². The molecular formula is C31H24N6O2S. The molecule has 0 spiro atoms. The normalized spacial score (nSPS) is 12.4. The largest absolute Gasteiger partial charge is 0.328 e. The van der Waals surface area contributed by atoms with Crippen molar-refractivity contribution in [1.82, 2.24) is 9.97 Å². The van der Waals surface area contributed by atoms with Crippen molar-refractivity contribution in [3.63, 3.8) is 0 Å². The van der Waals surface area contributed by atoms with E-state index in [1.165, 1.54) is 18.3 Å². The highest BCUT2D eigenvalue weighted by atomic mass is 32.1. The maximum Gasteiger partial charge on any atom is 0.328 e. The average molecular weight is 545 g/mol. The van der Waals surface area contributed by atoms with Gasteiger partial charge in [-0.05, 0) is 60.4 Å². The number of anilines is 3. The van der Waals surface area contributed by atoms with Crippen molar-refractivity contribution in [1.29, 1.82) is 5.26 Å². The molecule has 3 amide bonds. The summed E-state index contributed by atoms with van der Waals surface area (Å²) in [5.41, 5.74) is 7.09. The van der Waals surface area contributed by atoms with Gasteiger partial charge in [0.2, 0.25) is 5.91 Å². The number of amides is 3. The van der Waals surface area contributed by atoms with Crippen molar-refractivity contribution in [3.05, 3.63) is 90.1 Å². The number of fused-ring (bicyclic) bond motifs is 2. The minimum absolute atomic E-state index is 0.198. The summed E-state index contributed by atoms with van der Waals surface area (Å²) in [4.78, 5) is 35.7. The second kappa shape index (κ2) is 10.6. The topological polar surface area (TPSA) is 111 Å². The molecule has 9 heteroatoms. The minimum Gasteiger partial charge on any atom is -0.325 e. The lowest BCUT2D eigenvalue weighted by Gasteiger charge is -2.29. The van der Waals surface area contributed by atoms with Crippen LogP contribution in [0.25, 0.3) is 32.6 Å². The number of rotatable bonds is 4. The summed E-state index contributed by atoms with van der Waals surface area (Å²) in [5.74, 6) is -0.229. The number of hydrogen-bond acceptors (Lipinski definition) is 6. The van der Waals surface area contributed by atoms with E-state index in [4.69, 9.17) is 0 Å². The van der Waals surface area contributed by atoms with Gasteiger partial charge in [0.05, 0.1) is 27.2 Å². The van der Waals surface area contributed by atoms with Crippen molar-refractivity contribution in [2.45, 2.75) is 19.8 Å². The van der Waals surface area contributed by atoms with Crippen molar-refractivity contribution >= 4 is 50.0 Å². The van der Waals surface area contributed by atoms with Crippen LogP contribution in [0.15, 0.2) is 79.0 Å². The van der Waals surface area contributed by atoms with Crippen LogP contribution >= 0.6 is 11.3 Å². The van der Waals surface area contributed by atoms with Gasteiger partial charge in [0.15, 0.2) is 5.13 Å². The third-order valence-electron chi connectivity index (χ3n) is 6.80. The van der Waals surface area contributed by atoms with Crippen LogP contribution in [0.4, 0.5) is 21.3 Å². The van der Waals surface area contributed by atoms with E-state index in [0.717, 1.165) is 56.7 Å². The van der Waals surface area contributed by atoms with E-state index in [2.05, 4.69) is 32.7 Å². The molecule has 2 aromatic heterocycles. The highest BCUT2D eigenvalue weighted by Crippen LogP contribution is 2.34. The van der Waals surface area contributed by atoms with Crippen LogP contribution in [-0.4, -0.2) is 28.5 Å². The van der Waals surface area contributed by atoms with E-state index in [1.54, 1.807) is 23.2 Å². The molecule has 5 aromatic rings. The molecule has 8 nitrogen and oxygen atoms in total. The molecule has 0 saturated carbocycles. The number of nitriles is 1. The summed E-state index contributed by atoms with van der Waals surface area (Å²) < 4.78 is 1.03. The van der Waals surface area contributed by atoms with Crippen molar-refractivity contribution in [2.75, 3.05) is 22.1 Å². The number of pyridine rings is 1. The van der Waals surface area contributed by atoms with Gasteiger partial charge in [-0.25, -0.2) is 9.78 Å². The predicted molar refractivity (Wildman–Crippen MR) is 158 cm³/mol. The van der Waals surface area contributed by atoms with Crippen LogP contribution in [0, 0.1) is 11.3 Å². The number of carbonyl (C=O) groups excluding carboxylic acids is 2. The number of nitrogens with one attached hydrogen (secondary N) is 2. The number of hydrogen-bond donors (Lipinski definition) is 2. The number of aromatic nitrogens is 2. The summed E-state index contributed by atoms with van der Waals surface area (Å²) in [6.07, 6.45) is 3.56. The third kappa shape index (κ3) is 5.00. The Morgan fingerprint density at radius 2 is 1.80 bits per heavy atom. The zero-order valence-electron chi connectivity index (χ0n) is 21.6. The summed E-state index contributed by atoms with van der Waals surface area (Å²) in [5, 5.41) is 15.8. The predicted octanol–water partition coefficient (Wildman–Crippen LogP) is 6.84. The van der Waals surface area contributed by atoms with Crippen molar-refractivity contribution in [2.24, 2.45) is 0 Å². The average Bonchev–Trinajstić information content (AvgIpc) is 3.39. The lowest BCUT2D eigenvalue weighted by Crippen LogP contribution is -2.38. The number of carbonyl (C=O) groups is 2. The number of benzene rings is 3. The lowest BCUT2D eigenvalue weighted by molar-refractivity contribution is -0.114. The first-order valence-corrected chi connectivity index (χ1v) is 13.7. The van der Waals surface area contributed by atoms with Gasteiger partial charge in [0.25, 0.3) is 0 Å². The molecular weight excluding hydrogens is 520 g/mol. The molecule has 0 aliphatic carbocycles. The maximum absolute atomic E-state index is 13.3. The molecule has 0 unspecified atom stereocenters. The van der Waals surface area contributed by atoms with Gasteiger partial charge in [-0.15, -0.1) is 0 Å². The number of nitrogens with zero attached hydrogens (tertiary/aromatic N) is 4. The second-order valence-corrected chi connectivity index (χ2v) is 10.5. The number of urea groups is 1. The van der Waals surface area contributed by atoms with E-state index >= 15 is 0 Å². The second-order valence-electron chi connectivity index (χ2n) is 9.50. The highest BCUT2D eigenvalue weighted by molar-refractivity contribution is 7.22. The van der Waals surface area contributed by atoms with Gasteiger partial charge in [-0.1, -0.05) is 47.7 Å². The molecule has 3 aromatic carbocycles. The standard InChI is InChI=1S/C31H24N6O2S/c1-19(38)34-26-13-10-21(15-24(26)17-32)23-11-12-25(33-18-23)22-9-8-20-5-4-14-37(28(20)16-22)31(39)36-30-35-27-6-2-3-7-29(27)40-30/h2-3,6-13,15-16,18H,4-5,14H2,1H3,(H,34,38)(H,35,36,39). The molecule has 0 bridgehead atoms. The summed E-state index contributed by atoms with van der Waals surface area (Å²) in [6.45, 7) is 2.03. The van der Waals surface area contributed by atoms with Gasteiger partial charge in [-0.3, -0.25) is 20.0 Å². The molecule has 2 N–H and O–H groups in total. The Morgan fingerprint density at radius 3 is 2.58 bits per heavy atom. The molecule has 0 saturated heterocycles. The molecule has 1 aliphatic heterocycles. The van der Waals surface area contributed by atoms with Crippen LogP contribution < -0.4 is 15.5 Å². The van der Waals surface area contributed by atoms with Gasteiger partial charge < -0.3 is 5.32 Å². The van der Waals surface area contributed by atoms with Gasteiger partial charge in [0, 0.05) is 36.5 Å². The van der Waals surface area contributed by atoms with E-state index in [0.29, 0.717) is 22.9 Å². The Kier molecular flexibility index (Phi) is 6.68. The fraction of sp³-hybridized carbons (Fsp3) is 0.129. The Balaban J connectivity index is 1.24. The summed E-state index contributed by atoms with van der Waals surface area (Å²) in [6, 6.07) is 25.1. The van der Waals surface area contributed by atoms with Crippen LogP contribution in [0.1, 0.15) is 24.5 Å². The zero-order valence-corrected chi connectivity index (χ0v) is 22.5. The quantitative estimate of drug-likeness (QED) is 0.257. The smallest absolute Gasteiger partial charge is 0.325 e. The number of para-hydroxylation sites is 1. The Bertz CT molecular complexity index is 1770. The van der Waals surface area contributed by atoms with E-state index in [1.807, 2.05) is 54.6 Å². The van der Waals surface area contributed by atoms with Crippen LogP contribution in [0.2, 0.25) is 0 Å². The van der Waals surface area contributed by atoms with Gasteiger partial charge in [0.1, 0.15) is 6.07 Å². The molecule has 6 rings (SSSR count). The SMILES string of the molecule is CC(=O)Nc1ccc(-c2ccc(-c3ccc4c(c3)N(C(=O)Nc3nc5ccccc5s3)CCC4)nc2)cc1C#N. The summed E-state index contributed by atoms with van der Waals surface area (Å²) in [7, 11) is 0. The molecule has 0 atom stereocenters. The van der Waals surface area contributed by atoms with Crippen LogP contribution in [-0.2, 0) is 11.2 Å². The van der Waals surface area contributed by atoms with Crippen molar-refractivity contribution < 1.29 is 9.59 Å². The first-order chi connectivity index (χ1) is 19.5. The van der Waals surface area contributed by atoms with Gasteiger partial charge >= 0.3 is 6.03 Å². The molecule has 0 radical (unpaired) electrons. The fourth-order valence-corrected chi connectivity index (χ4v) is 5.74. The fourth-order valence-electron chi connectivity index (χ4n) is 4.88. The number of thiazole rings is 1. The molecule has 196 valence electrons. The number of aryl methyl sites for hydroxylation is 1. The lowest BCUT2D eigenvalue weighted by atomic mass is 9.98. The molecule has 3 heterocycles. The van der Waals surface area contributed by atoms with Gasteiger partial charge in [-0.2, -0.15) is 5.26 Å². The minimum atomic E-state index is -0.229. The first-order valence-electron chi connectivity index (χ1n) is 12.8. The Morgan fingerprint density at radius 1 is 0.975 bits per heavy atom. The zero-order chi connectivity index (χ0) is 27.6. The van der Waals surface area contributed by atoms with Crippen LogP contribution in [0.5, 0.6) is 0 Å². The third-order valence-corrected chi connectivity index (χ3v) is 7.75.